The Morgan fingerprint density at radius 2 is 1.67 bits per heavy atom. The summed E-state index contributed by atoms with van der Waals surface area (Å²) in [6.45, 7) is 6.92. The van der Waals surface area contributed by atoms with Gasteiger partial charge in [0, 0.05) is 65.5 Å². The van der Waals surface area contributed by atoms with Gasteiger partial charge in [-0.25, -0.2) is 0 Å². The Kier molecular flexibility index (Phi) is 5.17. The highest BCUT2D eigenvalue weighted by atomic mass is 16.2. The lowest BCUT2D eigenvalue weighted by molar-refractivity contribution is -0.130. The maximum absolute atomic E-state index is 12.3. The van der Waals surface area contributed by atoms with Gasteiger partial charge in [0.15, 0.2) is 0 Å². The first kappa shape index (κ1) is 15.3. The van der Waals surface area contributed by atoms with Crippen LogP contribution in [-0.4, -0.2) is 78.9 Å². The van der Waals surface area contributed by atoms with Crippen LogP contribution in [-0.2, 0) is 9.59 Å². The van der Waals surface area contributed by atoms with Gasteiger partial charge >= 0.3 is 0 Å². The van der Waals surface area contributed by atoms with Crippen LogP contribution in [0.2, 0.25) is 0 Å². The van der Waals surface area contributed by atoms with E-state index in [0.717, 1.165) is 13.1 Å². The number of carbonyl (C=O) groups excluding carboxylic acids is 2. The standard InChI is InChI=1S/C14H21N5O2/c1-12(20)18-8-6-17(7-9-18)11-13(10-15)14(21)19-4-2-16-3-5-19/h11,16H,2-9H2,1H3/b13-11-. The van der Waals surface area contributed by atoms with Crippen LogP contribution in [0.3, 0.4) is 0 Å². The van der Waals surface area contributed by atoms with Crippen molar-refractivity contribution in [1.29, 1.82) is 5.26 Å². The molecule has 0 saturated carbocycles. The van der Waals surface area contributed by atoms with Crippen molar-refractivity contribution < 1.29 is 9.59 Å². The predicted octanol–water partition coefficient (Wildman–Crippen LogP) is -1.01. The quantitative estimate of drug-likeness (QED) is 0.521. The lowest BCUT2D eigenvalue weighted by Gasteiger charge is -2.34. The SMILES string of the molecule is CC(=O)N1CCN(/C=C(/C#N)C(=O)N2CCNCC2)CC1. The van der Waals surface area contributed by atoms with Crippen LogP contribution in [0.1, 0.15) is 6.92 Å². The van der Waals surface area contributed by atoms with E-state index in [-0.39, 0.29) is 17.4 Å². The Morgan fingerprint density at radius 1 is 1.05 bits per heavy atom. The molecule has 0 atom stereocenters. The molecule has 2 fully saturated rings. The number of rotatable bonds is 2. The van der Waals surface area contributed by atoms with Crippen LogP contribution in [0.4, 0.5) is 0 Å². The maximum Gasteiger partial charge on any atom is 0.266 e. The van der Waals surface area contributed by atoms with E-state index in [1.165, 1.54) is 0 Å². The van der Waals surface area contributed by atoms with E-state index in [1.807, 2.05) is 11.0 Å². The van der Waals surface area contributed by atoms with Crippen LogP contribution < -0.4 is 5.32 Å². The van der Waals surface area contributed by atoms with Gasteiger partial charge in [-0.3, -0.25) is 9.59 Å². The minimum absolute atomic E-state index is 0.0658. The van der Waals surface area contributed by atoms with Crippen molar-refractivity contribution in [3.63, 3.8) is 0 Å². The first-order valence-electron chi connectivity index (χ1n) is 7.23. The van der Waals surface area contributed by atoms with Crippen molar-refractivity contribution >= 4 is 11.8 Å². The zero-order chi connectivity index (χ0) is 15.2. The maximum atomic E-state index is 12.3. The highest BCUT2D eigenvalue weighted by molar-refractivity contribution is 5.97. The number of nitriles is 1. The summed E-state index contributed by atoms with van der Waals surface area (Å²) in [5.74, 6) is -0.135. The molecule has 0 bridgehead atoms. The van der Waals surface area contributed by atoms with Crippen LogP contribution in [0, 0.1) is 11.3 Å². The first-order valence-corrected chi connectivity index (χ1v) is 7.23. The Morgan fingerprint density at radius 3 is 2.19 bits per heavy atom. The number of amides is 2. The number of nitrogens with zero attached hydrogens (tertiary/aromatic N) is 4. The third-order valence-electron chi connectivity index (χ3n) is 3.83. The summed E-state index contributed by atoms with van der Waals surface area (Å²) in [5, 5.41) is 12.4. The lowest BCUT2D eigenvalue weighted by Crippen LogP contribution is -2.48. The second kappa shape index (κ2) is 7.09. The fourth-order valence-electron chi connectivity index (χ4n) is 2.52. The van der Waals surface area contributed by atoms with E-state index in [4.69, 9.17) is 0 Å². The molecule has 7 heteroatoms. The topological polar surface area (TPSA) is 79.7 Å². The molecule has 0 aromatic carbocycles. The molecule has 2 heterocycles. The summed E-state index contributed by atoms with van der Waals surface area (Å²) in [4.78, 5) is 29.0. The molecular formula is C14H21N5O2. The molecule has 114 valence electrons. The smallest absolute Gasteiger partial charge is 0.266 e. The molecular weight excluding hydrogens is 270 g/mol. The Bertz CT molecular complexity index is 468. The van der Waals surface area contributed by atoms with Gasteiger partial charge in [-0.15, -0.1) is 0 Å². The van der Waals surface area contributed by atoms with Gasteiger partial charge in [0.05, 0.1) is 0 Å². The van der Waals surface area contributed by atoms with Gasteiger partial charge in [-0.2, -0.15) is 5.26 Å². The van der Waals surface area contributed by atoms with E-state index in [0.29, 0.717) is 39.3 Å². The number of nitrogens with one attached hydrogen (secondary N) is 1. The van der Waals surface area contributed by atoms with Crippen molar-refractivity contribution in [1.82, 2.24) is 20.0 Å². The van der Waals surface area contributed by atoms with Gasteiger partial charge in [-0.05, 0) is 0 Å². The third-order valence-corrected chi connectivity index (χ3v) is 3.83. The fourth-order valence-corrected chi connectivity index (χ4v) is 2.52. The molecule has 7 nitrogen and oxygen atoms in total. The summed E-state index contributed by atoms with van der Waals surface area (Å²) in [6, 6.07) is 2.01. The highest BCUT2D eigenvalue weighted by Crippen LogP contribution is 2.08. The molecule has 2 amide bonds. The van der Waals surface area contributed by atoms with Crippen LogP contribution in [0.25, 0.3) is 0 Å². The van der Waals surface area contributed by atoms with Gasteiger partial charge < -0.3 is 20.0 Å². The molecule has 0 aromatic heterocycles. The zero-order valence-corrected chi connectivity index (χ0v) is 12.3. The Hall–Kier alpha value is -2.07. The summed E-state index contributed by atoms with van der Waals surface area (Å²) < 4.78 is 0. The average Bonchev–Trinajstić information content (AvgIpc) is 2.53. The van der Waals surface area contributed by atoms with E-state index in [2.05, 4.69) is 5.32 Å². The molecule has 2 aliphatic rings. The predicted molar refractivity (Wildman–Crippen MR) is 77.0 cm³/mol. The minimum atomic E-state index is -0.201. The molecule has 2 rings (SSSR count). The number of carbonyl (C=O) groups is 2. The van der Waals surface area contributed by atoms with Gasteiger partial charge in [-0.1, -0.05) is 0 Å². The van der Waals surface area contributed by atoms with E-state index in [1.54, 1.807) is 22.9 Å². The monoisotopic (exact) mass is 291 g/mol. The molecule has 0 spiro atoms. The molecule has 1 N–H and O–H groups in total. The average molecular weight is 291 g/mol. The van der Waals surface area contributed by atoms with E-state index < -0.39 is 0 Å². The Balaban J connectivity index is 1.96. The highest BCUT2D eigenvalue weighted by Gasteiger charge is 2.22. The summed E-state index contributed by atoms with van der Waals surface area (Å²) >= 11 is 0. The molecule has 2 saturated heterocycles. The third kappa shape index (κ3) is 3.95. The van der Waals surface area contributed by atoms with Crippen LogP contribution in [0.15, 0.2) is 11.8 Å². The summed E-state index contributed by atoms with van der Waals surface area (Å²) in [7, 11) is 0. The van der Waals surface area contributed by atoms with Gasteiger partial charge in [0.2, 0.25) is 5.91 Å². The molecule has 0 unspecified atom stereocenters. The van der Waals surface area contributed by atoms with E-state index >= 15 is 0 Å². The normalized spacial score (nSPS) is 20.2. The second-order valence-corrected chi connectivity index (χ2v) is 5.24. The summed E-state index contributed by atoms with van der Waals surface area (Å²) in [5.41, 5.74) is 0.174. The first-order chi connectivity index (χ1) is 10.1. The van der Waals surface area contributed by atoms with Crippen molar-refractivity contribution in [2.75, 3.05) is 52.4 Å². The van der Waals surface area contributed by atoms with Crippen LogP contribution in [0.5, 0.6) is 0 Å². The fraction of sp³-hybridized carbons (Fsp3) is 0.643. The van der Waals surface area contributed by atoms with Gasteiger partial charge in [0.25, 0.3) is 5.91 Å². The van der Waals surface area contributed by atoms with E-state index in [9.17, 15) is 14.9 Å². The molecule has 0 aliphatic carbocycles. The lowest BCUT2D eigenvalue weighted by atomic mass is 10.2. The number of piperazine rings is 2. The number of hydrogen-bond donors (Lipinski definition) is 1. The van der Waals surface area contributed by atoms with Crippen molar-refractivity contribution in [3.05, 3.63) is 11.8 Å². The molecule has 0 radical (unpaired) electrons. The van der Waals surface area contributed by atoms with Gasteiger partial charge in [0.1, 0.15) is 11.6 Å². The largest absolute Gasteiger partial charge is 0.373 e. The molecule has 0 aromatic rings. The second-order valence-electron chi connectivity index (χ2n) is 5.24. The Labute approximate surface area is 124 Å². The van der Waals surface area contributed by atoms with Crippen molar-refractivity contribution in [2.45, 2.75) is 6.92 Å². The van der Waals surface area contributed by atoms with Crippen LogP contribution >= 0.6 is 0 Å². The molecule has 21 heavy (non-hydrogen) atoms. The molecule has 2 aliphatic heterocycles. The summed E-state index contributed by atoms with van der Waals surface area (Å²) in [6.07, 6.45) is 1.64. The number of hydrogen-bond acceptors (Lipinski definition) is 5. The van der Waals surface area contributed by atoms with Crippen molar-refractivity contribution in [3.8, 4) is 6.07 Å². The minimum Gasteiger partial charge on any atom is -0.373 e. The van der Waals surface area contributed by atoms with Crippen molar-refractivity contribution in [2.24, 2.45) is 0 Å². The zero-order valence-electron chi connectivity index (χ0n) is 12.3.